The lowest BCUT2D eigenvalue weighted by Gasteiger charge is -2.00. The van der Waals surface area contributed by atoms with Gasteiger partial charge in [0.15, 0.2) is 0 Å². The van der Waals surface area contributed by atoms with E-state index in [-0.39, 0.29) is 18.0 Å². The molecule has 0 saturated carbocycles. The van der Waals surface area contributed by atoms with Crippen molar-refractivity contribution in [3.05, 3.63) is 34.1 Å². The van der Waals surface area contributed by atoms with Crippen molar-refractivity contribution < 1.29 is 9.18 Å². The van der Waals surface area contributed by atoms with Gasteiger partial charge in [0.2, 0.25) is 0 Å². The highest BCUT2D eigenvalue weighted by molar-refractivity contribution is 9.10. The Kier molecular flexibility index (Phi) is 2.98. The van der Waals surface area contributed by atoms with E-state index < -0.39 is 0 Å². The maximum atomic E-state index is 13.0. The van der Waals surface area contributed by atoms with Crippen LogP contribution in [-0.2, 0) is 11.2 Å². The van der Waals surface area contributed by atoms with E-state index >= 15 is 0 Å². The largest absolute Gasteiger partial charge is 0.300 e. The molecule has 0 radical (unpaired) electrons. The highest BCUT2D eigenvalue weighted by Gasteiger charge is 2.04. The normalized spacial score (nSPS) is 9.92. The SMILES string of the molecule is CC(=O)Cc1cc(Br)ccc1F. The van der Waals surface area contributed by atoms with Crippen molar-refractivity contribution >= 4 is 21.7 Å². The van der Waals surface area contributed by atoms with Crippen LogP contribution >= 0.6 is 15.9 Å². The zero-order chi connectivity index (χ0) is 9.14. The number of carbonyl (C=O) groups is 1. The average Bonchev–Trinajstić information content (AvgIpc) is 1.96. The molecular formula is C9H8BrFO. The van der Waals surface area contributed by atoms with Gasteiger partial charge in [0.05, 0.1) is 0 Å². The van der Waals surface area contributed by atoms with E-state index in [1.54, 1.807) is 12.1 Å². The van der Waals surface area contributed by atoms with E-state index in [2.05, 4.69) is 15.9 Å². The van der Waals surface area contributed by atoms with Crippen LogP contribution in [0.1, 0.15) is 12.5 Å². The van der Waals surface area contributed by atoms with Crippen LogP contribution < -0.4 is 0 Å². The summed E-state index contributed by atoms with van der Waals surface area (Å²) in [5, 5.41) is 0. The van der Waals surface area contributed by atoms with Crippen LogP contribution in [0.25, 0.3) is 0 Å². The second-order valence-corrected chi connectivity index (χ2v) is 3.53. The van der Waals surface area contributed by atoms with E-state index in [0.29, 0.717) is 5.56 Å². The van der Waals surface area contributed by atoms with Gasteiger partial charge < -0.3 is 0 Å². The van der Waals surface area contributed by atoms with Crippen LogP contribution in [0.2, 0.25) is 0 Å². The van der Waals surface area contributed by atoms with Gasteiger partial charge in [0, 0.05) is 10.9 Å². The quantitative estimate of drug-likeness (QED) is 0.764. The average molecular weight is 231 g/mol. The molecule has 1 rings (SSSR count). The molecule has 0 heterocycles. The first-order valence-electron chi connectivity index (χ1n) is 3.53. The molecule has 0 amide bonds. The van der Waals surface area contributed by atoms with Crippen LogP contribution in [0.5, 0.6) is 0 Å². The van der Waals surface area contributed by atoms with Crippen molar-refractivity contribution in [2.45, 2.75) is 13.3 Å². The minimum Gasteiger partial charge on any atom is -0.300 e. The molecular weight excluding hydrogens is 223 g/mol. The molecule has 0 aliphatic rings. The molecule has 0 unspecified atom stereocenters. The fourth-order valence-corrected chi connectivity index (χ4v) is 1.36. The summed E-state index contributed by atoms with van der Waals surface area (Å²) in [6.07, 6.45) is 0.158. The summed E-state index contributed by atoms with van der Waals surface area (Å²) >= 11 is 3.21. The Labute approximate surface area is 78.7 Å². The van der Waals surface area contributed by atoms with Gasteiger partial charge in [-0.15, -0.1) is 0 Å². The number of halogens is 2. The van der Waals surface area contributed by atoms with Gasteiger partial charge in [-0.05, 0) is 30.7 Å². The highest BCUT2D eigenvalue weighted by Crippen LogP contribution is 2.15. The number of benzene rings is 1. The van der Waals surface area contributed by atoms with E-state index in [4.69, 9.17) is 0 Å². The maximum Gasteiger partial charge on any atom is 0.134 e. The van der Waals surface area contributed by atoms with E-state index in [0.717, 1.165) is 4.47 Å². The lowest BCUT2D eigenvalue weighted by Crippen LogP contribution is -1.98. The third-order valence-corrected chi connectivity index (χ3v) is 1.94. The molecule has 12 heavy (non-hydrogen) atoms. The Morgan fingerprint density at radius 3 is 2.83 bits per heavy atom. The number of Topliss-reactive ketones (excluding diaryl/α,β-unsaturated/α-hetero) is 1. The Morgan fingerprint density at radius 2 is 2.25 bits per heavy atom. The molecule has 0 saturated heterocycles. The maximum absolute atomic E-state index is 13.0. The highest BCUT2D eigenvalue weighted by atomic mass is 79.9. The molecule has 0 aliphatic carbocycles. The molecule has 64 valence electrons. The lowest BCUT2D eigenvalue weighted by molar-refractivity contribution is -0.116. The molecule has 0 N–H and O–H groups in total. The van der Waals surface area contributed by atoms with E-state index in [9.17, 15) is 9.18 Å². The molecule has 0 aliphatic heterocycles. The van der Waals surface area contributed by atoms with Gasteiger partial charge in [-0.25, -0.2) is 4.39 Å². The third kappa shape index (κ3) is 2.41. The Balaban J connectivity index is 2.97. The zero-order valence-corrected chi connectivity index (χ0v) is 8.19. The van der Waals surface area contributed by atoms with Crippen LogP contribution in [0.15, 0.2) is 22.7 Å². The summed E-state index contributed by atoms with van der Waals surface area (Å²) < 4.78 is 13.7. The number of hydrogen-bond acceptors (Lipinski definition) is 1. The number of rotatable bonds is 2. The molecule has 1 aromatic carbocycles. The van der Waals surface area contributed by atoms with Crippen LogP contribution in [0, 0.1) is 5.82 Å². The van der Waals surface area contributed by atoms with Gasteiger partial charge in [-0.1, -0.05) is 15.9 Å². The molecule has 0 fully saturated rings. The minimum atomic E-state index is -0.326. The van der Waals surface area contributed by atoms with Crippen molar-refractivity contribution in [3.63, 3.8) is 0 Å². The first kappa shape index (κ1) is 9.39. The lowest BCUT2D eigenvalue weighted by atomic mass is 10.1. The van der Waals surface area contributed by atoms with Crippen LogP contribution in [-0.4, -0.2) is 5.78 Å². The Morgan fingerprint density at radius 1 is 1.58 bits per heavy atom. The fraction of sp³-hybridized carbons (Fsp3) is 0.222. The van der Waals surface area contributed by atoms with Crippen molar-refractivity contribution in [2.75, 3.05) is 0 Å². The predicted octanol–water partition coefficient (Wildman–Crippen LogP) is 2.72. The summed E-state index contributed by atoms with van der Waals surface area (Å²) in [7, 11) is 0. The molecule has 1 aromatic rings. The van der Waals surface area contributed by atoms with Crippen molar-refractivity contribution in [1.29, 1.82) is 0 Å². The summed E-state index contributed by atoms with van der Waals surface area (Å²) in [5.41, 5.74) is 0.442. The number of ketones is 1. The fourth-order valence-electron chi connectivity index (χ4n) is 0.947. The molecule has 1 nitrogen and oxygen atoms in total. The van der Waals surface area contributed by atoms with Gasteiger partial charge in [0.1, 0.15) is 11.6 Å². The topological polar surface area (TPSA) is 17.1 Å². The first-order chi connectivity index (χ1) is 5.59. The van der Waals surface area contributed by atoms with E-state index in [1.165, 1.54) is 13.0 Å². The summed E-state index contributed by atoms with van der Waals surface area (Å²) in [6, 6.07) is 4.58. The predicted molar refractivity (Wildman–Crippen MR) is 48.5 cm³/mol. The molecule has 0 spiro atoms. The molecule has 0 aromatic heterocycles. The van der Waals surface area contributed by atoms with E-state index in [1.807, 2.05) is 0 Å². The smallest absolute Gasteiger partial charge is 0.134 e. The number of carbonyl (C=O) groups excluding carboxylic acids is 1. The standard InChI is InChI=1S/C9H8BrFO/c1-6(12)4-7-5-8(10)2-3-9(7)11/h2-3,5H,4H2,1H3. The second-order valence-electron chi connectivity index (χ2n) is 2.61. The van der Waals surface area contributed by atoms with Crippen LogP contribution in [0.3, 0.4) is 0 Å². The zero-order valence-electron chi connectivity index (χ0n) is 6.60. The van der Waals surface area contributed by atoms with Crippen LogP contribution in [0.4, 0.5) is 4.39 Å². The van der Waals surface area contributed by atoms with Gasteiger partial charge in [0.25, 0.3) is 0 Å². The van der Waals surface area contributed by atoms with Crippen molar-refractivity contribution in [2.24, 2.45) is 0 Å². The second kappa shape index (κ2) is 3.81. The summed E-state index contributed by atoms with van der Waals surface area (Å²) in [6.45, 7) is 1.44. The first-order valence-corrected chi connectivity index (χ1v) is 4.32. The summed E-state index contributed by atoms with van der Waals surface area (Å²) in [4.78, 5) is 10.7. The van der Waals surface area contributed by atoms with Crippen molar-refractivity contribution in [3.8, 4) is 0 Å². The monoisotopic (exact) mass is 230 g/mol. The van der Waals surface area contributed by atoms with Crippen molar-refractivity contribution in [1.82, 2.24) is 0 Å². The molecule has 0 bridgehead atoms. The van der Waals surface area contributed by atoms with Gasteiger partial charge in [-0.3, -0.25) is 4.79 Å². The third-order valence-electron chi connectivity index (χ3n) is 1.45. The summed E-state index contributed by atoms with van der Waals surface area (Å²) in [5.74, 6) is -0.361. The number of hydrogen-bond donors (Lipinski definition) is 0. The molecule has 0 atom stereocenters. The van der Waals surface area contributed by atoms with Gasteiger partial charge >= 0.3 is 0 Å². The Bertz CT molecular complexity index is 309. The molecule has 3 heteroatoms. The minimum absolute atomic E-state index is 0.0352. The van der Waals surface area contributed by atoms with Gasteiger partial charge in [-0.2, -0.15) is 0 Å². The Hall–Kier alpha value is -0.700.